The fraction of sp³-hybridized carbons (Fsp3) is 0.207. The predicted octanol–water partition coefficient (Wildman–Crippen LogP) is 5.34. The summed E-state index contributed by atoms with van der Waals surface area (Å²) in [7, 11) is 1.76. The zero-order valence-corrected chi connectivity index (χ0v) is 21.0. The van der Waals surface area contributed by atoms with Crippen molar-refractivity contribution in [2.75, 3.05) is 24.2 Å². The van der Waals surface area contributed by atoms with E-state index in [1.165, 1.54) is 18.2 Å². The molecule has 1 atom stereocenters. The van der Waals surface area contributed by atoms with Gasteiger partial charge < -0.3 is 20.5 Å². The number of hydrogen-bond donors (Lipinski definition) is 3. The summed E-state index contributed by atoms with van der Waals surface area (Å²) >= 11 is 0. The maximum atomic E-state index is 14.3. The van der Waals surface area contributed by atoms with Crippen LogP contribution in [0.3, 0.4) is 0 Å². The number of anilines is 2. The van der Waals surface area contributed by atoms with Crippen molar-refractivity contribution < 1.29 is 18.4 Å². The van der Waals surface area contributed by atoms with E-state index in [0.29, 0.717) is 46.9 Å². The summed E-state index contributed by atoms with van der Waals surface area (Å²) in [6, 6.07) is 15.7. The molecule has 1 aliphatic rings. The number of rotatable bonds is 7. The Morgan fingerprint density at radius 3 is 2.66 bits per heavy atom. The normalized spacial score (nSPS) is 13.7. The Kier molecular flexibility index (Phi) is 6.91. The maximum absolute atomic E-state index is 14.3. The second-order valence-corrected chi connectivity index (χ2v) is 9.33. The van der Waals surface area contributed by atoms with E-state index < -0.39 is 5.92 Å². The maximum Gasteiger partial charge on any atom is 0.255 e. The molecule has 7 nitrogen and oxygen atoms in total. The van der Waals surface area contributed by atoms with E-state index in [-0.39, 0.29) is 30.0 Å². The highest BCUT2D eigenvalue weighted by Crippen LogP contribution is 2.33. The first kappa shape index (κ1) is 25.1. The highest BCUT2D eigenvalue weighted by Gasteiger charge is 2.29. The van der Waals surface area contributed by atoms with Crippen LogP contribution in [0.5, 0.6) is 0 Å². The third-order valence-electron chi connectivity index (χ3n) is 6.83. The summed E-state index contributed by atoms with van der Waals surface area (Å²) in [4.78, 5) is 35.4. The fourth-order valence-corrected chi connectivity index (χ4v) is 4.62. The van der Waals surface area contributed by atoms with Gasteiger partial charge in [0.25, 0.3) is 5.91 Å². The molecule has 5 rings (SSSR count). The molecule has 0 bridgehead atoms. The molecule has 0 saturated carbocycles. The van der Waals surface area contributed by atoms with Crippen LogP contribution in [0, 0.1) is 11.6 Å². The lowest BCUT2D eigenvalue weighted by Gasteiger charge is -2.23. The van der Waals surface area contributed by atoms with Crippen LogP contribution >= 0.6 is 0 Å². The van der Waals surface area contributed by atoms with E-state index in [9.17, 15) is 18.4 Å². The standard InChI is InChI=1S/C29H27F2N5O2/c1-17(18-7-9-20(30)10-8-18)28(37)35-25-15-19(11-13-32-25)27-21(16-33-23-6-4-3-5-22(23)31)26-24(34-27)12-14-36(2)29(26)38/h3-11,13,15,17,33-34H,12,14,16H2,1-2H3,(H,32,35,37). The first-order valence-electron chi connectivity index (χ1n) is 12.3. The molecule has 2 amide bonds. The van der Waals surface area contributed by atoms with E-state index in [0.717, 1.165) is 11.3 Å². The Hall–Kier alpha value is -4.53. The summed E-state index contributed by atoms with van der Waals surface area (Å²) in [5.41, 5.74) is 4.55. The molecule has 1 unspecified atom stereocenters. The van der Waals surface area contributed by atoms with Gasteiger partial charge in [-0.2, -0.15) is 0 Å². The molecule has 38 heavy (non-hydrogen) atoms. The molecule has 0 fully saturated rings. The third-order valence-corrected chi connectivity index (χ3v) is 6.83. The van der Waals surface area contributed by atoms with E-state index >= 15 is 0 Å². The number of carbonyl (C=O) groups is 2. The van der Waals surface area contributed by atoms with E-state index in [4.69, 9.17) is 0 Å². The Morgan fingerprint density at radius 1 is 1.13 bits per heavy atom. The lowest BCUT2D eigenvalue weighted by atomic mass is 9.99. The van der Waals surface area contributed by atoms with Crippen LogP contribution in [0.4, 0.5) is 20.3 Å². The largest absolute Gasteiger partial charge is 0.378 e. The fourth-order valence-electron chi connectivity index (χ4n) is 4.62. The number of nitrogens with zero attached hydrogens (tertiary/aromatic N) is 2. The van der Waals surface area contributed by atoms with Crippen LogP contribution in [-0.2, 0) is 17.8 Å². The number of nitrogens with one attached hydrogen (secondary N) is 3. The molecule has 1 aliphatic heterocycles. The molecule has 9 heteroatoms. The number of hydrogen-bond acceptors (Lipinski definition) is 4. The average Bonchev–Trinajstić information content (AvgIpc) is 3.30. The number of aromatic amines is 1. The van der Waals surface area contributed by atoms with Crippen molar-refractivity contribution in [1.29, 1.82) is 0 Å². The molecule has 0 aliphatic carbocycles. The Balaban J connectivity index is 1.45. The van der Waals surface area contributed by atoms with Crippen molar-refractivity contribution in [1.82, 2.24) is 14.9 Å². The highest BCUT2D eigenvalue weighted by atomic mass is 19.1. The highest BCUT2D eigenvalue weighted by molar-refractivity contribution is 6.00. The van der Waals surface area contributed by atoms with Crippen LogP contribution in [0.25, 0.3) is 11.3 Å². The van der Waals surface area contributed by atoms with Crippen molar-refractivity contribution in [3.05, 3.63) is 101 Å². The smallest absolute Gasteiger partial charge is 0.255 e. The van der Waals surface area contributed by atoms with Gasteiger partial charge in [0.05, 0.1) is 22.9 Å². The summed E-state index contributed by atoms with van der Waals surface area (Å²) in [6.45, 7) is 2.54. The lowest BCUT2D eigenvalue weighted by Crippen LogP contribution is -2.34. The van der Waals surface area contributed by atoms with E-state index in [2.05, 4.69) is 20.6 Å². The van der Waals surface area contributed by atoms with Crippen LogP contribution in [-0.4, -0.2) is 40.3 Å². The number of H-pyrrole nitrogens is 1. The number of aromatic nitrogens is 2. The van der Waals surface area contributed by atoms with Gasteiger partial charge in [0.2, 0.25) is 5.91 Å². The minimum atomic E-state index is -0.521. The zero-order chi connectivity index (χ0) is 26.8. The number of likely N-dealkylation sites (N-methyl/N-ethyl adjacent to an activating group) is 1. The first-order valence-corrected chi connectivity index (χ1v) is 12.3. The SMILES string of the molecule is CC(C(=O)Nc1cc(-c2[nH]c3c(c2CNc2ccccc2F)C(=O)N(C)CC3)ccn1)c1ccc(F)cc1. The average molecular weight is 516 g/mol. The van der Waals surface area contributed by atoms with Crippen molar-refractivity contribution >= 4 is 23.3 Å². The Bertz CT molecular complexity index is 1500. The van der Waals surface area contributed by atoms with Gasteiger partial charge in [-0.05, 0) is 48.9 Å². The van der Waals surface area contributed by atoms with Gasteiger partial charge in [-0.3, -0.25) is 9.59 Å². The monoisotopic (exact) mass is 515 g/mol. The molecule has 0 radical (unpaired) electrons. The Morgan fingerprint density at radius 2 is 1.89 bits per heavy atom. The predicted molar refractivity (Wildman–Crippen MR) is 142 cm³/mol. The van der Waals surface area contributed by atoms with Gasteiger partial charge in [0.1, 0.15) is 17.5 Å². The number of benzene rings is 2. The van der Waals surface area contributed by atoms with Crippen molar-refractivity contribution in [3.8, 4) is 11.3 Å². The second-order valence-electron chi connectivity index (χ2n) is 9.33. The summed E-state index contributed by atoms with van der Waals surface area (Å²) in [6.07, 6.45) is 2.24. The van der Waals surface area contributed by atoms with E-state index in [1.54, 1.807) is 67.5 Å². The van der Waals surface area contributed by atoms with Crippen molar-refractivity contribution in [2.45, 2.75) is 25.8 Å². The van der Waals surface area contributed by atoms with Crippen LogP contribution < -0.4 is 10.6 Å². The third kappa shape index (κ3) is 5.00. The summed E-state index contributed by atoms with van der Waals surface area (Å²) in [5.74, 6) is -1.32. The molecule has 3 N–H and O–H groups in total. The zero-order valence-electron chi connectivity index (χ0n) is 21.0. The molecule has 0 spiro atoms. The summed E-state index contributed by atoms with van der Waals surface area (Å²) in [5, 5.41) is 5.95. The lowest BCUT2D eigenvalue weighted by molar-refractivity contribution is -0.117. The van der Waals surface area contributed by atoms with Crippen LogP contribution in [0.15, 0.2) is 66.9 Å². The van der Waals surface area contributed by atoms with Gasteiger partial charge in [-0.15, -0.1) is 0 Å². The summed E-state index contributed by atoms with van der Waals surface area (Å²) < 4.78 is 27.6. The topological polar surface area (TPSA) is 90.1 Å². The minimum Gasteiger partial charge on any atom is -0.378 e. The number of fused-ring (bicyclic) bond motifs is 1. The van der Waals surface area contributed by atoms with Crippen molar-refractivity contribution in [3.63, 3.8) is 0 Å². The van der Waals surface area contributed by atoms with Crippen molar-refractivity contribution in [2.24, 2.45) is 0 Å². The number of halogens is 2. The molecule has 0 saturated heterocycles. The number of pyridine rings is 1. The number of carbonyl (C=O) groups excluding carboxylic acids is 2. The molecule has 2 aromatic carbocycles. The van der Waals surface area contributed by atoms with Gasteiger partial charge in [-0.1, -0.05) is 24.3 Å². The van der Waals surface area contributed by atoms with Gasteiger partial charge in [0.15, 0.2) is 0 Å². The molecule has 3 heterocycles. The number of amides is 2. The van der Waals surface area contributed by atoms with Gasteiger partial charge in [0, 0.05) is 49.6 Å². The van der Waals surface area contributed by atoms with Gasteiger partial charge >= 0.3 is 0 Å². The van der Waals surface area contributed by atoms with Gasteiger partial charge in [-0.25, -0.2) is 13.8 Å². The van der Waals surface area contributed by atoms with Crippen LogP contribution in [0.1, 0.15) is 40.0 Å². The molecule has 4 aromatic rings. The minimum absolute atomic E-state index is 0.102. The second kappa shape index (κ2) is 10.5. The number of para-hydroxylation sites is 1. The first-order chi connectivity index (χ1) is 18.3. The molecular weight excluding hydrogens is 488 g/mol. The molecule has 194 valence electrons. The Labute approximate surface area is 218 Å². The van der Waals surface area contributed by atoms with Crippen LogP contribution in [0.2, 0.25) is 0 Å². The quantitative estimate of drug-likeness (QED) is 0.310. The molecule has 2 aromatic heterocycles. The van der Waals surface area contributed by atoms with E-state index in [1.807, 2.05) is 0 Å². The molecular formula is C29H27F2N5O2.